The van der Waals surface area contributed by atoms with Crippen molar-refractivity contribution >= 4 is 17.5 Å². The van der Waals surface area contributed by atoms with Crippen molar-refractivity contribution in [2.24, 2.45) is 17.8 Å². The lowest BCUT2D eigenvalue weighted by atomic mass is 9.61. The molecular formula is C14H22ClNO. The summed E-state index contributed by atoms with van der Waals surface area (Å²) < 4.78 is 0. The van der Waals surface area contributed by atoms with Crippen LogP contribution in [0.2, 0.25) is 0 Å². The Balaban J connectivity index is 1.91. The lowest BCUT2D eigenvalue weighted by Gasteiger charge is -2.54. The van der Waals surface area contributed by atoms with E-state index in [4.69, 9.17) is 11.6 Å². The lowest BCUT2D eigenvalue weighted by Crippen LogP contribution is -2.58. The molecule has 17 heavy (non-hydrogen) atoms. The molecule has 0 N–H and O–H groups in total. The highest BCUT2D eigenvalue weighted by molar-refractivity contribution is 6.27. The number of carbonyl (C=O) groups excluding carboxylic acids is 1. The van der Waals surface area contributed by atoms with Crippen LogP contribution in [0.15, 0.2) is 0 Å². The molecule has 2 nitrogen and oxygen atoms in total. The molecule has 4 atom stereocenters. The van der Waals surface area contributed by atoms with Gasteiger partial charge in [-0.25, -0.2) is 0 Å². The Kier molecular flexibility index (Phi) is 2.89. The van der Waals surface area contributed by atoms with E-state index in [1.165, 1.54) is 44.9 Å². The molecule has 0 aromatic heterocycles. The first-order valence-electron chi connectivity index (χ1n) is 7.00. The summed E-state index contributed by atoms with van der Waals surface area (Å²) in [4.78, 5) is 14.0. The molecule has 0 saturated heterocycles. The zero-order valence-electron chi connectivity index (χ0n) is 10.6. The van der Waals surface area contributed by atoms with E-state index in [1.807, 2.05) is 11.9 Å². The molecule has 0 aromatic carbocycles. The third kappa shape index (κ3) is 1.63. The predicted octanol–water partition coefficient (Wildman–Crippen LogP) is 3.04. The average molecular weight is 256 g/mol. The van der Waals surface area contributed by atoms with Gasteiger partial charge in [-0.15, -0.1) is 11.6 Å². The van der Waals surface area contributed by atoms with E-state index in [9.17, 15) is 4.79 Å². The third-order valence-electron chi connectivity index (χ3n) is 5.86. The molecule has 0 aromatic rings. The minimum atomic E-state index is 0.123. The van der Waals surface area contributed by atoms with Gasteiger partial charge in [0.25, 0.3) is 0 Å². The molecule has 3 rings (SSSR count). The minimum Gasteiger partial charge on any atom is -0.339 e. The molecule has 3 fully saturated rings. The van der Waals surface area contributed by atoms with Crippen molar-refractivity contribution < 1.29 is 4.79 Å². The summed E-state index contributed by atoms with van der Waals surface area (Å²) in [6.45, 7) is 0. The molecule has 3 saturated carbocycles. The van der Waals surface area contributed by atoms with Crippen LogP contribution in [0.4, 0.5) is 0 Å². The Morgan fingerprint density at radius 1 is 1.35 bits per heavy atom. The molecule has 3 heteroatoms. The van der Waals surface area contributed by atoms with Crippen molar-refractivity contribution in [1.29, 1.82) is 0 Å². The highest BCUT2D eigenvalue weighted by Gasteiger charge is 2.55. The van der Waals surface area contributed by atoms with Crippen LogP contribution in [0, 0.1) is 17.8 Å². The number of hydrogen-bond acceptors (Lipinski definition) is 1. The second kappa shape index (κ2) is 4.15. The normalized spacial score (nSPS) is 43.5. The summed E-state index contributed by atoms with van der Waals surface area (Å²) in [7, 11) is 1.99. The number of amides is 1. The van der Waals surface area contributed by atoms with Gasteiger partial charge in [-0.1, -0.05) is 12.8 Å². The number of carbonyl (C=O) groups is 1. The summed E-state index contributed by atoms with van der Waals surface area (Å²) in [5.74, 6) is 2.86. The van der Waals surface area contributed by atoms with Gasteiger partial charge in [0.2, 0.25) is 5.91 Å². The van der Waals surface area contributed by atoms with Crippen molar-refractivity contribution in [3.63, 3.8) is 0 Å². The number of halogens is 1. The Hall–Kier alpha value is -0.240. The van der Waals surface area contributed by atoms with Crippen LogP contribution in [-0.4, -0.2) is 29.3 Å². The smallest absolute Gasteiger partial charge is 0.237 e. The fourth-order valence-electron chi connectivity index (χ4n) is 4.95. The van der Waals surface area contributed by atoms with Gasteiger partial charge in [-0.05, 0) is 49.9 Å². The zero-order chi connectivity index (χ0) is 12.0. The van der Waals surface area contributed by atoms with E-state index in [0.29, 0.717) is 0 Å². The van der Waals surface area contributed by atoms with Gasteiger partial charge in [0, 0.05) is 12.6 Å². The van der Waals surface area contributed by atoms with Gasteiger partial charge < -0.3 is 4.90 Å². The molecule has 1 amide bonds. The standard InChI is InChI=1S/C14H22ClNO/c1-16(13(17)9-15)14-6-2-3-11(8-14)10-4-5-12(14)7-10/h10-12H,2-9H2,1H3. The highest BCUT2D eigenvalue weighted by Crippen LogP contribution is 2.58. The van der Waals surface area contributed by atoms with E-state index in [-0.39, 0.29) is 17.3 Å². The van der Waals surface area contributed by atoms with Crippen LogP contribution in [0.25, 0.3) is 0 Å². The van der Waals surface area contributed by atoms with Gasteiger partial charge in [0.1, 0.15) is 5.88 Å². The SMILES string of the molecule is CN(C(=O)CCl)C12CCCC(C1)C1CCC2C1. The first kappa shape index (κ1) is 11.8. The molecule has 0 radical (unpaired) electrons. The number of alkyl halides is 1. The molecule has 96 valence electrons. The molecule has 0 aliphatic heterocycles. The van der Waals surface area contributed by atoms with Crippen molar-refractivity contribution in [1.82, 2.24) is 4.90 Å². The van der Waals surface area contributed by atoms with Gasteiger partial charge >= 0.3 is 0 Å². The molecule has 0 heterocycles. The average Bonchev–Trinajstić information content (AvgIpc) is 2.83. The topological polar surface area (TPSA) is 20.3 Å². The van der Waals surface area contributed by atoms with Gasteiger partial charge in [-0.2, -0.15) is 0 Å². The maximum atomic E-state index is 12.0. The van der Waals surface area contributed by atoms with Crippen LogP contribution in [0.3, 0.4) is 0 Å². The van der Waals surface area contributed by atoms with E-state index < -0.39 is 0 Å². The molecule has 3 aliphatic rings. The van der Waals surface area contributed by atoms with Crippen molar-refractivity contribution in [2.45, 2.75) is 50.5 Å². The Labute approximate surface area is 109 Å². The van der Waals surface area contributed by atoms with Crippen molar-refractivity contribution in [3.8, 4) is 0 Å². The van der Waals surface area contributed by atoms with Crippen molar-refractivity contribution in [2.75, 3.05) is 12.9 Å². The first-order chi connectivity index (χ1) is 8.17. The highest BCUT2D eigenvalue weighted by atomic mass is 35.5. The second-order valence-electron chi connectivity index (χ2n) is 6.32. The molecule has 3 aliphatic carbocycles. The summed E-state index contributed by atoms with van der Waals surface area (Å²) >= 11 is 5.75. The third-order valence-corrected chi connectivity index (χ3v) is 6.09. The summed E-state index contributed by atoms with van der Waals surface area (Å²) in [6.07, 6.45) is 9.26. The molecular weight excluding hydrogens is 234 g/mol. The van der Waals surface area contributed by atoms with Gasteiger partial charge in [-0.3, -0.25) is 4.79 Å². The molecule has 4 bridgehead atoms. The lowest BCUT2D eigenvalue weighted by molar-refractivity contribution is -0.140. The summed E-state index contributed by atoms with van der Waals surface area (Å²) in [6, 6.07) is 0. The maximum Gasteiger partial charge on any atom is 0.237 e. The first-order valence-corrected chi connectivity index (χ1v) is 7.53. The predicted molar refractivity (Wildman–Crippen MR) is 69.0 cm³/mol. The fraction of sp³-hybridized carbons (Fsp3) is 0.929. The quantitative estimate of drug-likeness (QED) is 0.695. The van der Waals surface area contributed by atoms with Gasteiger partial charge in [0.05, 0.1) is 0 Å². The fourth-order valence-corrected chi connectivity index (χ4v) is 5.13. The minimum absolute atomic E-state index is 0.123. The number of nitrogens with zero attached hydrogens (tertiary/aromatic N) is 1. The van der Waals surface area contributed by atoms with E-state index in [2.05, 4.69) is 0 Å². The van der Waals surface area contributed by atoms with E-state index in [0.717, 1.165) is 17.8 Å². The maximum absolute atomic E-state index is 12.0. The van der Waals surface area contributed by atoms with Gasteiger partial charge in [0.15, 0.2) is 0 Å². The van der Waals surface area contributed by atoms with Crippen LogP contribution < -0.4 is 0 Å². The monoisotopic (exact) mass is 255 g/mol. The van der Waals surface area contributed by atoms with E-state index >= 15 is 0 Å². The zero-order valence-corrected chi connectivity index (χ0v) is 11.4. The summed E-state index contributed by atoms with van der Waals surface area (Å²) in [5.41, 5.74) is 0.169. The van der Waals surface area contributed by atoms with Crippen LogP contribution in [0.5, 0.6) is 0 Å². The van der Waals surface area contributed by atoms with E-state index in [1.54, 1.807) is 0 Å². The number of hydrogen-bond donors (Lipinski definition) is 0. The van der Waals surface area contributed by atoms with Crippen LogP contribution in [0.1, 0.15) is 44.9 Å². The Bertz CT molecular complexity index is 332. The number of rotatable bonds is 2. The summed E-state index contributed by atoms with van der Waals surface area (Å²) in [5, 5.41) is 0. The number of fused-ring (bicyclic) bond motifs is 6. The van der Waals surface area contributed by atoms with Crippen molar-refractivity contribution in [3.05, 3.63) is 0 Å². The van der Waals surface area contributed by atoms with Crippen LogP contribution >= 0.6 is 11.6 Å². The second-order valence-corrected chi connectivity index (χ2v) is 6.58. The Morgan fingerprint density at radius 3 is 2.94 bits per heavy atom. The van der Waals surface area contributed by atoms with Crippen LogP contribution in [-0.2, 0) is 4.79 Å². The Morgan fingerprint density at radius 2 is 2.18 bits per heavy atom. The molecule has 0 spiro atoms. The molecule has 4 unspecified atom stereocenters. The largest absolute Gasteiger partial charge is 0.339 e.